The molecule has 1 aromatic heterocycles. The molecule has 0 bridgehead atoms. The molecule has 0 spiro atoms. The number of benzene rings is 1. The van der Waals surface area contributed by atoms with Gasteiger partial charge in [-0.2, -0.15) is 18.4 Å². The van der Waals surface area contributed by atoms with E-state index in [-0.39, 0.29) is 22.1 Å². The Labute approximate surface area is 109 Å². The summed E-state index contributed by atoms with van der Waals surface area (Å²) in [5.41, 5.74) is -2.14. The second kappa shape index (κ2) is 4.52. The number of hydrogen-bond acceptors (Lipinski definition) is 4. The fraction of sp³-hybridized carbons (Fsp3) is 0.167. The van der Waals surface area contributed by atoms with E-state index in [2.05, 4.69) is 5.16 Å². The maximum Gasteiger partial charge on any atom is 0.440 e. The Kier molecular flexibility index (Phi) is 3.13. The lowest BCUT2D eigenvalue weighted by Gasteiger charge is -2.06. The standard InChI is InChI=1S/C12H6F4N2O2/c1-5-8-3-7(13)2-6(4-17)10(8)20-9(5)11(18-19)12(14,15)16/h2-3,19H,1H3/b18-11+. The summed E-state index contributed by atoms with van der Waals surface area (Å²) in [6.07, 6.45) is -4.95. The minimum Gasteiger partial charge on any atom is -0.453 e. The Bertz CT molecular complexity index is 753. The zero-order chi connectivity index (χ0) is 15.1. The normalized spacial score (nSPS) is 12.7. The van der Waals surface area contributed by atoms with E-state index in [1.54, 1.807) is 6.07 Å². The predicted molar refractivity (Wildman–Crippen MR) is 60.0 cm³/mol. The Morgan fingerprint density at radius 2 is 2.05 bits per heavy atom. The van der Waals surface area contributed by atoms with Gasteiger partial charge in [0.15, 0.2) is 11.3 Å². The molecule has 0 atom stereocenters. The highest BCUT2D eigenvalue weighted by molar-refractivity contribution is 6.07. The predicted octanol–water partition coefficient (Wildman–Crippen LogP) is 3.49. The van der Waals surface area contributed by atoms with Gasteiger partial charge in [-0.1, -0.05) is 5.16 Å². The summed E-state index contributed by atoms with van der Waals surface area (Å²) >= 11 is 0. The van der Waals surface area contributed by atoms with Gasteiger partial charge in [-0.3, -0.25) is 0 Å². The van der Waals surface area contributed by atoms with Crippen molar-refractivity contribution in [3.63, 3.8) is 0 Å². The molecule has 0 aliphatic carbocycles. The number of halogens is 4. The molecule has 1 heterocycles. The lowest BCUT2D eigenvalue weighted by atomic mass is 10.1. The largest absolute Gasteiger partial charge is 0.453 e. The molecule has 0 radical (unpaired) electrons. The zero-order valence-electron chi connectivity index (χ0n) is 9.92. The number of alkyl halides is 3. The van der Waals surface area contributed by atoms with E-state index in [0.29, 0.717) is 0 Å². The molecule has 104 valence electrons. The number of rotatable bonds is 1. The zero-order valence-corrected chi connectivity index (χ0v) is 9.92. The van der Waals surface area contributed by atoms with E-state index in [1.165, 1.54) is 6.92 Å². The van der Waals surface area contributed by atoms with Crippen LogP contribution in [0.5, 0.6) is 0 Å². The summed E-state index contributed by atoms with van der Waals surface area (Å²) in [6.45, 7) is 1.25. The van der Waals surface area contributed by atoms with Crippen molar-refractivity contribution in [3.8, 4) is 6.07 Å². The van der Waals surface area contributed by atoms with Gasteiger partial charge in [-0.05, 0) is 19.1 Å². The number of nitriles is 1. The fourth-order valence-corrected chi connectivity index (χ4v) is 1.82. The first-order valence-corrected chi connectivity index (χ1v) is 5.22. The van der Waals surface area contributed by atoms with Gasteiger partial charge >= 0.3 is 6.18 Å². The third kappa shape index (κ3) is 2.07. The molecule has 2 rings (SSSR count). The molecular formula is C12H6F4N2O2. The number of nitrogens with zero attached hydrogens (tertiary/aromatic N) is 2. The van der Waals surface area contributed by atoms with E-state index >= 15 is 0 Å². The molecule has 0 unspecified atom stereocenters. The van der Waals surface area contributed by atoms with Crippen molar-refractivity contribution < 1.29 is 27.2 Å². The van der Waals surface area contributed by atoms with E-state index in [4.69, 9.17) is 14.9 Å². The summed E-state index contributed by atoms with van der Waals surface area (Å²) in [4.78, 5) is 0. The van der Waals surface area contributed by atoms with Crippen LogP contribution in [0.15, 0.2) is 21.7 Å². The minimum absolute atomic E-state index is 0.0157. The second-order valence-electron chi connectivity index (χ2n) is 3.94. The first kappa shape index (κ1) is 13.9. The molecule has 0 aliphatic rings. The van der Waals surface area contributed by atoms with Gasteiger partial charge in [0.25, 0.3) is 0 Å². The Balaban J connectivity index is 2.82. The van der Waals surface area contributed by atoms with Crippen molar-refractivity contribution in [1.82, 2.24) is 0 Å². The van der Waals surface area contributed by atoms with E-state index in [9.17, 15) is 17.6 Å². The SMILES string of the molecule is Cc1c(/C(=N\O)C(F)(F)F)oc2c(C#N)cc(F)cc12. The van der Waals surface area contributed by atoms with Crippen molar-refractivity contribution in [1.29, 1.82) is 5.26 Å². The van der Waals surface area contributed by atoms with Crippen molar-refractivity contribution >= 4 is 16.7 Å². The number of fused-ring (bicyclic) bond motifs is 1. The number of furan rings is 1. The summed E-state index contributed by atoms with van der Waals surface area (Å²) in [5.74, 6) is -1.53. The highest BCUT2D eigenvalue weighted by Gasteiger charge is 2.41. The molecule has 1 aromatic carbocycles. The molecule has 20 heavy (non-hydrogen) atoms. The summed E-state index contributed by atoms with van der Waals surface area (Å²) in [5, 5.41) is 19.6. The Morgan fingerprint density at radius 1 is 1.40 bits per heavy atom. The molecule has 8 heteroatoms. The van der Waals surface area contributed by atoms with Crippen LogP contribution in [0.3, 0.4) is 0 Å². The quantitative estimate of drug-likeness (QED) is 0.377. The topological polar surface area (TPSA) is 69.5 Å². The van der Waals surface area contributed by atoms with Gasteiger partial charge in [-0.25, -0.2) is 4.39 Å². The third-order valence-electron chi connectivity index (χ3n) is 2.71. The van der Waals surface area contributed by atoms with Gasteiger partial charge in [0.1, 0.15) is 11.9 Å². The fourth-order valence-electron chi connectivity index (χ4n) is 1.82. The molecule has 1 N–H and O–H groups in total. The molecule has 0 saturated carbocycles. The van der Waals surface area contributed by atoms with Crippen molar-refractivity contribution in [2.75, 3.05) is 0 Å². The first-order chi connectivity index (χ1) is 9.29. The van der Waals surface area contributed by atoms with Gasteiger partial charge in [0, 0.05) is 10.9 Å². The number of aryl methyl sites for hydroxylation is 1. The highest BCUT2D eigenvalue weighted by Crippen LogP contribution is 2.33. The minimum atomic E-state index is -4.95. The van der Waals surface area contributed by atoms with E-state index in [0.717, 1.165) is 12.1 Å². The smallest absolute Gasteiger partial charge is 0.440 e. The van der Waals surface area contributed by atoms with Gasteiger partial charge in [-0.15, -0.1) is 0 Å². The van der Waals surface area contributed by atoms with E-state index < -0.39 is 23.5 Å². The van der Waals surface area contributed by atoms with Crippen LogP contribution in [-0.4, -0.2) is 17.1 Å². The van der Waals surface area contributed by atoms with Crippen LogP contribution in [-0.2, 0) is 0 Å². The molecule has 0 amide bonds. The highest BCUT2D eigenvalue weighted by atomic mass is 19.4. The lowest BCUT2D eigenvalue weighted by molar-refractivity contribution is -0.0609. The molecule has 0 saturated heterocycles. The lowest BCUT2D eigenvalue weighted by Crippen LogP contribution is -2.24. The average molecular weight is 286 g/mol. The average Bonchev–Trinajstić information content (AvgIpc) is 2.66. The molecule has 4 nitrogen and oxygen atoms in total. The maximum atomic E-state index is 13.3. The second-order valence-corrected chi connectivity index (χ2v) is 3.94. The Hall–Kier alpha value is -2.56. The van der Waals surface area contributed by atoms with Crippen molar-refractivity contribution in [3.05, 3.63) is 34.8 Å². The van der Waals surface area contributed by atoms with Crippen molar-refractivity contribution in [2.45, 2.75) is 13.1 Å². The summed E-state index contributed by atoms with van der Waals surface area (Å²) < 4.78 is 56.3. The van der Waals surface area contributed by atoms with Crippen molar-refractivity contribution in [2.24, 2.45) is 5.16 Å². The number of oxime groups is 1. The molecular weight excluding hydrogens is 280 g/mol. The van der Waals surface area contributed by atoms with Gasteiger partial charge in [0.2, 0.25) is 5.71 Å². The maximum absolute atomic E-state index is 13.3. The van der Waals surface area contributed by atoms with Crippen LogP contribution in [0.2, 0.25) is 0 Å². The van der Waals surface area contributed by atoms with E-state index in [1.807, 2.05) is 0 Å². The monoisotopic (exact) mass is 286 g/mol. The third-order valence-corrected chi connectivity index (χ3v) is 2.71. The summed E-state index contributed by atoms with van der Waals surface area (Å²) in [6, 6.07) is 3.42. The van der Waals surface area contributed by atoms with Crippen LogP contribution in [0.1, 0.15) is 16.9 Å². The van der Waals surface area contributed by atoms with Crippen LogP contribution < -0.4 is 0 Å². The van der Waals surface area contributed by atoms with Gasteiger partial charge in [0.05, 0.1) is 5.56 Å². The molecule has 0 aliphatic heterocycles. The summed E-state index contributed by atoms with van der Waals surface area (Å²) in [7, 11) is 0. The van der Waals surface area contributed by atoms with Crippen LogP contribution >= 0.6 is 0 Å². The molecule has 2 aromatic rings. The first-order valence-electron chi connectivity index (χ1n) is 5.22. The van der Waals surface area contributed by atoms with Crippen LogP contribution in [0.4, 0.5) is 17.6 Å². The van der Waals surface area contributed by atoms with Crippen LogP contribution in [0.25, 0.3) is 11.0 Å². The number of hydrogen-bond donors (Lipinski definition) is 1. The Morgan fingerprint density at radius 3 is 2.55 bits per heavy atom. The van der Waals surface area contributed by atoms with Gasteiger partial charge < -0.3 is 9.62 Å². The van der Waals surface area contributed by atoms with Crippen LogP contribution in [0, 0.1) is 24.1 Å². The molecule has 0 fully saturated rings.